The normalized spacial score (nSPS) is 24.1. The average molecular weight is 278 g/mol. The first-order valence-corrected chi connectivity index (χ1v) is 7.24. The maximum absolute atomic E-state index is 9.46. The van der Waals surface area contributed by atoms with Gasteiger partial charge >= 0.3 is 0 Å². The molecule has 2 N–H and O–H groups in total. The number of hydrogen-bond acceptors (Lipinski definition) is 5. The second kappa shape index (κ2) is 5.99. The summed E-state index contributed by atoms with van der Waals surface area (Å²) in [6.45, 7) is 7.55. The average Bonchev–Trinajstić information content (AvgIpc) is 2.82. The fourth-order valence-electron chi connectivity index (χ4n) is 2.90. The molecule has 1 fully saturated rings. The van der Waals surface area contributed by atoms with Gasteiger partial charge in [-0.25, -0.2) is 0 Å². The largest absolute Gasteiger partial charge is 0.508 e. The molecule has 2 unspecified atom stereocenters. The minimum Gasteiger partial charge on any atom is -0.508 e. The van der Waals surface area contributed by atoms with Crippen LogP contribution in [-0.4, -0.2) is 55.5 Å². The number of phenolic OH excluding ortho intramolecular Hbond substituents is 1. The molecule has 2 heterocycles. The summed E-state index contributed by atoms with van der Waals surface area (Å²) < 4.78 is 11.0. The number of rotatable bonds is 4. The van der Waals surface area contributed by atoms with Gasteiger partial charge in [-0.3, -0.25) is 4.90 Å². The van der Waals surface area contributed by atoms with E-state index in [4.69, 9.17) is 9.47 Å². The first-order chi connectivity index (χ1) is 9.72. The molecule has 1 aromatic carbocycles. The van der Waals surface area contributed by atoms with Gasteiger partial charge in [-0.05, 0) is 19.1 Å². The molecule has 2 atom stereocenters. The number of ether oxygens (including phenoxy) is 2. The van der Waals surface area contributed by atoms with Crippen LogP contribution in [0.1, 0.15) is 18.5 Å². The van der Waals surface area contributed by atoms with Crippen molar-refractivity contribution >= 4 is 0 Å². The van der Waals surface area contributed by atoms with Crippen LogP contribution in [0.2, 0.25) is 0 Å². The van der Waals surface area contributed by atoms with Crippen LogP contribution in [0, 0.1) is 0 Å². The standard InChI is InChI=1S/C15H22N2O3/c1-11(9-17-4-6-19-7-5-17)16-14-10-20-15-8-12(18)2-3-13(14)15/h2-3,8,11,14,16,18H,4-7,9-10H2,1H3. The van der Waals surface area contributed by atoms with Gasteiger partial charge in [0.15, 0.2) is 0 Å². The van der Waals surface area contributed by atoms with E-state index in [0.29, 0.717) is 12.6 Å². The molecule has 0 saturated carbocycles. The minimum atomic E-state index is 0.210. The predicted octanol–water partition coefficient (Wildman–Crippen LogP) is 1.14. The zero-order chi connectivity index (χ0) is 13.9. The molecule has 0 bridgehead atoms. The minimum absolute atomic E-state index is 0.210. The molecule has 0 aliphatic carbocycles. The second-order valence-corrected chi connectivity index (χ2v) is 5.57. The summed E-state index contributed by atoms with van der Waals surface area (Å²) >= 11 is 0. The monoisotopic (exact) mass is 278 g/mol. The fraction of sp³-hybridized carbons (Fsp3) is 0.600. The molecular weight excluding hydrogens is 256 g/mol. The molecule has 20 heavy (non-hydrogen) atoms. The van der Waals surface area contributed by atoms with Crippen LogP contribution >= 0.6 is 0 Å². The third-order valence-corrected chi connectivity index (χ3v) is 3.90. The Kier molecular flexibility index (Phi) is 4.10. The topological polar surface area (TPSA) is 54.0 Å². The van der Waals surface area contributed by atoms with E-state index in [2.05, 4.69) is 17.1 Å². The highest BCUT2D eigenvalue weighted by Crippen LogP contribution is 2.35. The van der Waals surface area contributed by atoms with Crippen LogP contribution < -0.4 is 10.1 Å². The van der Waals surface area contributed by atoms with E-state index < -0.39 is 0 Å². The third-order valence-electron chi connectivity index (χ3n) is 3.90. The highest BCUT2D eigenvalue weighted by molar-refractivity contribution is 5.44. The van der Waals surface area contributed by atoms with Gasteiger partial charge in [0.1, 0.15) is 18.1 Å². The van der Waals surface area contributed by atoms with Crippen molar-refractivity contribution in [1.29, 1.82) is 0 Å². The van der Waals surface area contributed by atoms with Gasteiger partial charge in [0.2, 0.25) is 0 Å². The van der Waals surface area contributed by atoms with Gasteiger partial charge in [0, 0.05) is 37.3 Å². The quantitative estimate of drug-likeness (QED) is 0.865. The van der Waals surface area contributed by atoms with E-state index in [1.165, 1.54) is 0 Å². The summed E-state index contributed by atoms with van der Waals surface area (Å²) in [7, 11) is 0. The van der Waals surface area contributed by atoms with Crippen LogP contribution in [0.5, 0.6) is 11.5 Å². The van der Waals surface area contributed by atoms with Crippen LogP contribution in [0.25, 0.3) is 0 Å². The summed E-state index contributed by atoms with van der Waals surface area (Å²) in [5, 5.41) is 13.1. The van der Waals surface area contributed by atoms with Gasteiger partial charge in [-0.2, -0.15) is 0 Å². The van der Waals surface area contributed by atoms with E-state index >= 15 is 0 Å². The van der Waals surface area contributed by atoms with E-state index in [1.54, 1.807) is 12.1 Å². The molecule has 1 saturated heterocycles. The molecule has 5 heteroatoms. The maximum Gasteiger partial charge on any atom is 0.127 e. The molecule has 0 aromatic heterocycles. The van der Waals surface area contributed by atoms with Gasteiger partial charge in [-0.15, -0.1) is 0 Å². The molecule has 110 valence electrons. The zero-order valence-corrected chi connectivity index (χ0v) is 11.8. The molecular formula is C15H22N2O3. The van der Waals surface area contributed by atoms with Crippen molar-refractivity contribution in [3.63, 3.8) is 0 Å². The van der Waals surface area contributed by atoms with Crippen molar-refractivity contribution in [3.05, 3.63) is 23.8 Å². The van der Waals surface area contributed by atoms with Gasteiger partial charge < -0.3 is 19.9 Å². The number of nitrogens with one attached hydrogen (secondary N) is 1. The molecule has 5 nitrogen and oxygen atoms in total. The lowest BCUT2D eigenvalue weighted by atomic mass is 10.1. The first-order valence-electron chi connectivity index (χ1n) is 7.24. The second-order valence-electron chi connectivity index (χ2n) is 5.57. The number of nitrogens with zero attached hydrogens (tertiary/aromatic N) is 1. The molecule has 0 radical (unpaired) electrons. The molecule has 3 rings (SSSR count). The summed E-state index contributed by atoms with van der Waals surface area (Å²) in [6, 6.07) is 5.94. The highest BCUT2D eigenvalue weighted by atomic mass is 16.5. The highest BCUT2D eigenvalue weighted by Gasteiger charge is 2.26. The Balaban J connectivity index is 1.56. The lowest BCUT2D eigenvalue weighted by Crippen LogP contribution is -2.45. The van der Waals surface area contributed by atoms with Gasteiger partial charge in [-0.1, -0.05) is 0 Å². The van der Waals surface area contributed by atoms with Crippen LogP contribution in [0.15, 0.2) is 18.2 Å². The number of aromatic hydroxyl groups is 1. The zero-order valence-electron chi connectivity index (χ0n) is 11.8. The number of phenols is 1. The van der Waals surface area contributed by atoms with Gasteiger partial charge in [0.25, 0.3) is 0 Å². The summed E-state index contributed by atoms with van der Waals surface area (Å²) in [5.74, 6) is 1.05. The van der Waals surface area contributed by atoms with Crippen molar-refractivity contribution in [2.45, 2.75) is 19.0 Å². The van der Waals surface area contributed by atoms with E-state index in [9.17, 15) is 5.11 Å². The van der Waals surface area contributed by atoms with Crippen molar-refractivity contribution in [1.82, 2.24) is 10.2 Å². The molecule has 0 amide bonds. The van der Waals surface area contributed by atoms with E-state index in [-0.39, 0.29) is 11.8 Å². The summed E-state index contributed by atoms with van der Waals surface area (Å²) in [4.78, 5) is 2.43. The number of morpholine rings is 1. The lowest BCUT2D eigenvalue weighted by molar-refractivity contribution is 0.0337. The Bertz CT molecular complexity index is 460. The van der Waals surface area contributed by atoms with Crippen molar-refractivity contribution in [2.75, 3.05) is 39.5 Å². The Morgan fingerprint density at radius 1 is 1.40 bits per heavy atom. The van der Waals surface area contributed by atoms with Crippen molar-refractivity contribution in [2.24, 2.45) is 0 Å². The van der Waals surface area contributed by atoms with Crippen molar-refractivity contribution < 1.29 is 14.6 Å². The fourth-order valence-corrected chi connectivity index (χ4v) is 2.90. The molecule has 2 aliphatic rings. The summed E-state index contributed by atoms with van der Waals surface area (Å²) in [6.07, 6.45) is 0. The Hall–Kier alpha value is -1.30. The summed E-state index contributed by atoms with van der Waals surface area (Å²) in [5.41, 5.74) is 1.14. The van der Waals surface area contributed by atoms with E-state index in [0.717, 1.165) is 44.2 Å². The van der Waals surface area contributed by atoms with Crippen molar-refractivity contribution in [3.8, 4) is 11.5 Å². The smallest absolute Gasteiger partial charge is 0.127 e. The van der Waals surface area contributed by atoms with Crippen LogP contribution in [-0.2, 0) is 4.74 Å². The molecule has 0 spiro atoms. The van der Waals surface area contributed by atoms with Gasteiger partial charge in [0.05, 0.1) is 19.3 Å². The van der Waals surface area contributed by atoms with E-state index in [1.807, 2.05) is 6.07 Å². The molecule has 1 aromatic rings. The third kappa shape index (κ3) is 3.06. The number of hydrogen-bond donors (Lipinski definition) is 2. The Morgan fingerprint density at radius 2 is 2.20 bits per heavy atom. The molecule has 2 aliphatic heterocycles. The Labute approximate surface area is 119 Å². The lowest BCUT2D eigenvalue weighted by Gasteiger charge is -2.30. The van der Waals surface area contributed by atoms with Crippen LogP contribution in [0.4, 0.5) is 0 Å². The first kappa shape index (κ1) is 13.7. The predicted molar refractivity (Wildman–Crippen MR) is 76.2 cm³/mol. The SMILES string of the molecule is CC(CN1CCOCC1)NC1COc2cc(O)ccc21. The number of benzene rings is 1. The number of fused-ring (bicyclic) bond motifs is 1. The Morgan fingerprint density at radius 3 is 3.00 bits per heavy atom. The van der Waals surface area contributed by atoms with Crippen LogP contribution in [0.3, 0.4) is 0 Å². The maximum atomic E-state index is 9.46.